The zero-order valence-electron chi connectivity index (χ0n) is 8.06. The van der Waals surface area contributed by atoms with E-state index in [1.54, 1.807) is 0 Å². The first-order chi connectivity index (χ1) is 6.27. The fourth-order valence-electron chi connectivity index (χ4n) is 1.08. The summed E-state index contributed by atoms with van der Waals surface area (Å²) in [5.41, 5.74) is 2.11. The molecule has 0 saturated heterocycles. The molecule has 2 nitrogen and oxygen atoms in total. The summed E-state index contributed by atoms with van der Waals surface area (Å²) in [5.74, 6) is 0. The Balaban J connectivity index is 0.000000396. The van der Waals surface area contributed by atoms with E-state index in [1.165, 1.54) is 5.56 Å². The number of hydrogen-bond donors (Lipinski definition) is 1. The van der Waals surface area contributed by atoms with Crippen molar-refractivity contribution < 1.29 is 0 Å². The van der Waals surface area contributed by atoms with Crippen LogP contribution in [-0.2, 0) is 0 Å². The molecule has 0 aliphatic heterocycles. The highest BCUT2D eigenvalue weighted by molar-refractivity contribution is 9.10. The van der Waals surface area contributed by atoms with Gasteiger partial charge in [0.2, 0.25) is 0 Å². The number of aromatic amines is 1. The van der Waals surface area contributed by atoms with Crippen LogP contribution in [0.3, 0.4) is 0 Å². The summed E-state index contributed by atoms with van der Waals surface area (Å²) in [6.45, 7) is 6.03. The maximum absolute atomic E-state index is 4.22. The lowest BCUT2D eigenvalue weighted by molar-refractivity contribution is 1.29. The van der Waals surface area contributed by atoms with Crippen molar-refractivity contribution in [2.24, 2.45) is 0 Å². The van der Waals surface area contributed by atoms with Crippen LogP contribution in [0.25, 0.3) is 11.0 Å². The number of hydrogen-bond acceptors (Lipinski definition) is 1. The third kappa shape index (κ3) is 2.10. The molecule has 3 heteroatoms. The van der Waals surface area contributed by atoms with Crippen LogP contribution >= 0.6 is 15.9 Å². The van der Waals surface area contributed by atoms with Crippen molar-refractivity contribution in [2.75, 3.05) is 0 Å². The minimum Gasteiger partial charge on any atom is -0.345 e. The Kier molecular flexibility index (Phi) is 3.48. The molecule has 0 radical (unpaired) electrons. The van der Waals surface area contributed by atoms with Gasteiger partial charge in [-0.05, 0) is 34.5 Å². The lowest BCUT2D eigenvalue weighted by Crippen LogP contribution is -1.77. The van der Waals surface area contributed by atoms with E-state index in [9.17, 15) is 0 Å². The molecule has 0 bridgehead atoms. The third-order valence-corrected chi connectivity index (χ3v) is 2.27. The fraction of sp³-hybridized carbons (Fsp3) is 0.300. The van der Waals surface area contributed by atoms with Crippen molar-refractivity contribution in [3.8, 4) is 0 Å². The molecule has 0 atom stereocenters. The van der Waals surface area contributed by atoms with Crippen LogP contribution in [-0.4, -0.2) is 9.97 Å². The van der Waals surface area contributed by atoms with Gasteiger partial charge in [0.1, 0.15) is 5.65 Å². The highest BCUT2D eigenvalue weighted by Gasteiger charge is 2.00. The largest absolute Gasteiger partial charge is 0.345 e. The number of nitrogens with zero attached hydrogens (tertiary/aromatic N) is 1. The molecule has 0 fully saturated rings. The summed E-state index contributed by atoms with van der Waals surface area (Å²) < 4.78 is 1.07. The van der Waals surface area contributed by atoms with E-state index in [0.29, 0.717) is 0 Å². The molecule has 13 heavy (non-hydrogen) atoms. The standard InChI is InChI=1S/C8H7BrN2.C2H6/c1-5-2-6-7(9)4-11-8(6)10-3-5;1-2/h2-4H,1H3,(H,10,11);1-2H3. The first kappa shape index (κ1) is 10.3. The van der Waals surface area contributed by atoms with Gasteiger partial charge >= 0.3 is 0 Å². The number of aryl methyl sites for hydroxylation is 1. The zero-order chi connectivity index (χ0) is 9.84. The Morgan fingerprint density at radius 3 is 2.77 bits per heavy atom. The molecule has 2 aromatic heterocycles. The fourth-order valence-corrected chi connectivity index (χ4v) is 1.49. The molecular formula is C10H13BrN2. The Hall–Kier alpha value is -0.830. The van der Waals surface area contributed by atoms with Gasteiger partial charge in [0, 0.05) is 22.3 Å². The van der Waals surface area contributed by atoms with E-state index in [4.69, 9.17) is 0 Å². The SMILES string of the molecule is CC.Cc1cnc2[nH]cc(Br)c2c1. The van der Waals surface area contributed by atoms with Crippen molar-refractivity contribution in [2.45, 2.75) is 20.8 Å². The first-order valence-corrected chi connectivity index (χ1v) is 5.16. The van der Waals surface area contributed by atoms with E-state index in [1.807, 2.05) is 33.2 Å². The van der Waals surface area contributed by atoms with Crippen molar-refractivity contribution in [3.63, 3.8) is 0 Å². The number of H-pyrrole nitrogens is 1. The molecule has 2 rings (SSSR count). The molecule has 0 spiro atoms. The number of pyridine rings is 1. The Morgan fingerprint density at radius 1 is 1.38 bits per heavy atom. The highest BCUT2D eigenvalue weighted by atomic mass is 79.9. The van der Waals surface area contributed by atoms with Crippen molar-refractivity contribution >= 4 is 27.0 Å². The van der Waals surface area contributed by atoms with Gasteiger partial charge in [-0.2, -0.15) is 0 Å². The van der Waals surface area contributed by atoms with Crippen molar-refractivity contribution in [3.05, 3.63) is 28.5 Å². The topological polar surface area (TPSA) is 28.7 Å². The smallest absolute Gasteiger partial charge is 0.138 e. The molecule has 1 N–H and O–H groups in total. The van der Waals surface area contributed by atoms with Crippen molar-refractivity contribution in [1.82, 2.24) is 9.97 Å². The number of fused-ring (bicyclic) bond motifs is 1. The summed E-state index contributed by atoms with van der Waals surface area (Å²) in [6, 6.07) is 2.10. The predicted octanol–water partition coefficient (Wildman–Crippen LogP) is 3.66. The molecular weight excluding hydrogens is 228 g/mol. The molecule has 0 aliphatic rings. The molecule has 0 saturated carbocycles. The second kappa shape index (κ2) is 4.42. The minimum absolute atomic E-state index is 0.933. The van der Waals surface area contributed by atoms with Crippen LogP contribution in [0.5, 0.6) is 0 Å². The van der Waals surface area contributed by atoms with Crippen LogP contribution in [0.15, 0.2) is 22.9 Å². The van der Waals surface area contributed by atoms with Crippen LogP contribution in [0.1, 0.15) is 19.4 Å². The van der Waals surface area contributed by atoms with E-state index in [-0.39, 0.29) is 0 Å². The molecule has 2 aromatic rings. The van der Waals surface area contributed by atoms with Gasteiger partial charge in [-0.15, -0.1) is 0 Å². The maximum atomic E-state index is 4.22. The summed E-state index contributed by atoms with van der Waals surface area (Å²) in [5, 5.41) is 1.14. The summed E-state index contributed by atoms with van der Waals surface area (Å²) in [6.07, 6.45) is 3.75. The molecule has 70 valence electrons. The Bertz CT molecular complexity index is 393. The second-order valence-electron chi connectivity index (χ2n) is 2.55. The van der Waals surface area contributed by atoms with E-state index in [0.717, 1.165) is 15.5 Å². The molecule has 0 aliphatic carbocycles. The molecule has 0 aromatic carbocycles. The van der Waals surface area contributed by atoms with Crippen LogP contribution in [0.2, 0.25) is 0 Å². The van der Waals surface area contributed by atoms with Crippen LogP contribution < -0.4 is 0 Å². The summed E-state index contributed by atoms with van der Waals surface area (Å²) in [4.78, 5) is 7.27. The maximum Gasteiger partial charge on any atom is 0.138 e. The molecule has 2 heterocycles. The highest BCUT2D eigenvalue weighted by Crippen LogP contribution is 2.21. The lowest BCUT2D eigenvalue weighted by Gasteiger charge is -1.91. The lowest BCUT2D eigenvalue weighted by atomic mass is 10.2. The number of aromatic nitrogens is 2. The van der Waals surface area contributed by atoms with Gasteiger partial charge in [-0.25, -0.2) is 4.98 Å². The van der Waals surface area contributed by atoms with Crippen molar-refractivity contribution in [1.29, 1.82) is 0 Å². The van der Waals surface area contributed by atoms with E-state index in [2.05, 4.69) is 32.0 Å². The first-order valence-electron chi connectivity index (χ1n) is 4.36. The number of rotatable bonds is 0. The third-order valence-electron chi connectivity index (χ3n) is 1.62. The monoisotopic (exact) mass is 240 g/mol. The summed E-state index contributed by atoms with van der Waals surface area (Å²) >= 11 is 3.43. The van der Waals surface area contributed by atoms with Gasteiger partial charge in [0.15, 0.2) is 0 Å². The number of nitrogens with one attached hydrogen (secondary N) is 1. The van der Waals surface area contributed by atoms with E-state index >= 15 is 0 Å². The average Bonchev–Trinajstić information content (AvgIpc) is 2.52. The van der Waals surface area contributed by atoms with Gasteiger partial charge < -0.3 is 4.98 Å². The number of halogens is 1. The van der Waals surface area contributed by atoms with Crippen LogP contribution in [0.4, 0.5) is 0 Å². The van der Waals surface area contributed by atoms with Gasteiger partial charge in [-0.1, -0.05) is 13.8 Å². The van der Waals surface area contributed by atoms with Gasteiger partial charge in [-0.3, -0.25) is 0 Å². The Morgan fingerprint density at radius 2 is 2.08 bits per heavy atom. The predicted molar refractivity (Wildman–Crippen MR) is 59.9 cm³/mol. The van der Waals surface area contributed by atoms with E-state index < -0.39 is 0 Å². The molecule has 0 unspecified atom stereocenters. The zero-order valence-corrected chi connectivity index (χ0v) is 9.64. The normalized spacial score (nSPS) is 9.54. The van der Waals surface area contributed by atoms with Crippen LogP contribution in [0, 0.1) is 6.92 Å². The summed E-state index contributed by atoms with van der Waals surface area (Å²) in [7, 11) is 0. The Labute approximate surface area is 86.5 Å². The van der Waals surface area contributed by atoms with Gasteiger partial charge in [0.25, 0.3) is 0 Å². The second-order valence-corrected chi connectivity index (χ2v) is 3.40. The quantitative estimate of drug-likeness (QED) is 0.749. The average molecular weight is 241 g/mol. The minimum atomic E-state index is 0.933. The molecule has 0 amide bonds. The van der Waals surface area contributed by atoms with Gasteiger partial charge in [0.05, 0.1) is 0 Å².